The fourth-order valence-electron chi connectivity index (χ4n) is 2.82. The zero-order valence-electron chi connectivity index (χ0n) is 13.8. The van der Waals surface area contributed by atoms with E-state index in [2.05, 4.69) is 5.32 Å². The van der Waals surface area contributed by atoms with Crippen molar-refractivity contribution < 1.29 is 14.3 Å². The Labute approximate surface area is 152 Å². The van der Waals surface area contributed by atoms with Crippen molar-refractivity contribution in [3.05, 3.63) is 53.6 Å². The van der Waals surface area contributed by atoms with Gasteiger partial charge in [0.1, 0.15) is 11.5 Å². The van der Waals surface area contributed by atoms with Crippen molar-refractivity contribution in [3.8, 4) is 11.5 Å². The van der Waals surface area contributed by atoms with Gasteiger partial charge in [-0.05, 0) is 55.3 Å². The number of hydrogen-bond acceptors (Lipinski definition) is 4. The van der Waals surface area contributed by atoms with Gasteiger partial charge >= 0.3 is 0 Å². The van der Waals surface area contributed by atoms with Gasteiger partial charge in [-0.15, -0.1) is 0 Å². The molecule has 1 heterocycles. The molecule has 0 bridgehead atoms. The van der Waals surface area contributed by atoms with E-state index in [9.17, 15) is 4.79 Å². The number of anilines is 1. The molecule has 1 aliphatic heterocycles. The predicted octanol–water partition coefficient (Wildman–Crippen LogP) is 3.83. The Balaban J connectivity index is 1.65. The van der Waals surface area contributed by atoms with Crippen LogP contribution < -0.4 is 15.8 Å². The van der Waals surface area contributed by atoms with E-state index < -0.39 is 5.41 Å². The Morgan fingerprint density at radius 3 is 2.52 bits per heavy atom. The highest BCUT2D eigenvalue weighted by molar-refractivity contribution is 6.30. The van der Waals surface area contributed by atoms with Crippen molar-refractivity contribution >= 4 is 23.2 Å². The molecule has 1 aliphatic rings. The standard InChI is InChI=1S/C19H21ClN2O3/c20-14-2-1-3-17(12-14)25-16-6-4-15(5-7-16)22-18(23)19(13-21)8-10-24-11-9-19/h1-7,12H,8-11,13,21H2,(H,22,23). The van der Waals surface area contributed by atoms with Crippen molar-refractivity contribution in [3.63, 3.8) is 0 Å². The Hall–Kier alpha value is -2.08. The van der Waals surface area contributed by atoms with Crippen LogP contribution in [0, 0.1) is 5.41 Å². The molecule has 6 heteroatoms. The number of nitrogens with one attached hydrogen (secondary N) is 1. The number of nitrogens with two attached hydrogens (primary N) is 1. The van der Waals surface area contributed by atoms with Gasteiger partial charge in [0, 0.05) is 30.5 Å². The van der Waals surface area contributed by atoms with E-state index in [1.807, 2.05) is 12.1 Å². The molecule has 1 saturated heterocycles. The monoisotopic (exact) mass is 360 g/mol. The lowest BCUT2D eigenvalue weighted by Gasteiger charge is -2.34. The summed E-state index contributed by atoms with van der Waals surface area (Å²) in [4.78, 5) is 12.6. The van der Waals surface area contributed by atoms with Gasteiger partial charge in [0.15, 0.2) is 0 Å². The molecule has 0 unspecified atom stereocenters. The summed E-state index contributed by atoms with van der Waals surface area (Å²) < 4.78 is 11.1. The van der Waals surface area contributed by atoms with E-state index in [4.69, 9.17) is 26.8 Å². The van der Waals surface area contributed by atoms with Gasteiger partial charge in [0.2, 0.25) is 5.91 Å². The van der Waals surface area contributed by atoms with Crippen molar-refractivity contribution in [1.82, 2.24) is 0 Å². The van der Waals surface area contributed by atoms with Crippen LogP contribution in [0.25, 0.3) is 0 Å². The van der Waals surface area contributed by atoms with Crippen LogP contribution in [0.4, 0.5) is 5.69 Å². The first-order valence-corrected chi connectivity index (χ1v) is 8.62. The maximum absolute atomic E-state index is 12.6. The second-order valence-corrected chi connectivity index (χ2v) is 6.57. The number of ether oxygens (including phenoxy) is 2. The van der Waals surface area contributed by atoms with Gasteiger partial charge in [0.05, 0.1) is 5.41 Å². The van der Waals surface area contributed by atoms with E-state index in [0.29, 0.717) is 54.8 Å². The molecular formula is C19H21ClN2O3. The number of carbonyl (C=O) groups is 1. The molecule has 0 saturated carbocycles. The number of hydrogen-bond donors (Lipinski definition) is 2. The maximum atomic E-state index is 12.6. The van der Waals surface area contributed by atoms with E-state index in [1.54, 1.807) is 36.4 Å². The summed E-state index contributed by atoms with van der Waals surface area (Å²) in [5.41, 5.74) is 6.03. The lowest BCUT2D eigenvalue weighted by molar-refractivity contribution is -0.130. The average molecular weight is 361 g/mol. The highest BCUT2D eigenvalue weighted by Gasteiger charge is 2.38. The largest absolute Gasteiger partial charge is 0.457 e. The number of halogens is 1. The molecule has 2 aromatic carbocycles. The third-order valence-electron chi connectivity index (χ3n) is 4.47. The number of rotatable bonds is 5. The Morgan fingerprint density at radius 2 is 1.88 bits per heavy atom. The van der Waals surface area contributed by atoms with Crippen LogP contribution in [-0.2, 0) is 9.53 Å². The molecule has 25 heavy (non-hydrogen) atoms. The molecule has 132 valence electrons. The SMILES string of the molecule is NCC1(C(=O)Nc2ccc(Oc3cccc(Cl)c3)cc2)CCOCC1. The second kappa shape index (κ2) is 7.87. The Morgan fingerprint density at radius 1 is 1.16 bits per heavy atom. The van der Waals surface area contributed by atoms with Crippen molar-refractivity contribution in [2.24, 2.45) is 11.1 Å². The third kappa shape index (κ3) is 4.31. The van der Waals surface area contributed by atoms with E-state index in [1.165, 1.54) is 0 Å². The molecule has 1 amide bonds. The highest BCUT2D eigenvalue weighted by atomic mass is 35.5. The number of benzene rings is 2. The molecular weight excluding hydrogens is 340 g/mol. The van der Waals surface area contributed by atoms with Crippen molar-refractivity contribution in [1.29, 1.82) is 0 Å². The average Bonchev–Trinajstić information content (AvgIpc) is 2.64. The molecule has 0 spiro atoms. The summed E-state index contributed by atoms with van der Waals surface area (Å²) in [5, 5.41) is 3.57. The van der Waals surface area contributed by atoms with E-state index >= 15 is 0 Å². The summed E-state index contributed by atoms with van der Waals surface area (Å²) in [5.74, 6) is 1.27. The second-order valence-electron chi connectivity index (χ2n) is 6.13. The fraction of sp³-hybridized carbons (Fsp3) is 0.316. The van der Waals surface area contributed by atoms with Crippen LogP contribution in [0.2, 0.25) is 5.02 Å². The molecule has 5 nitrogen and oxygen atoms in total. The predicted molar refractivity (Wildman–Crippen MR) is 98.1 cm³/mol. The minimum Gasteiger partial charge on any atom is -0.457 e. The van der Waals surface area contributed by atoms with Gasteiger partial charge in [-0.3, -0.25) is 4.79 Å². The Bertz CT molecular complexity index is 728. The van der Waals surface area contributed by atoms with Gasteiger partial charge in [-0.2, -0.15) is 0 Å². The van der Waals surface area contributed by atoms with Gasteiger partial charge < -0.3 is 20.5 Å². The lowest BCUT2D eigenvalue weighted by Crippen LogP contribution is -2.46. The van der Waals surface area contributed by atoms with Crippen LogP contribution in [0.5, 0.6) is 11.5 Å². The van der Waals surface area contributed by atoms with E-state index in [-0.39, 0.29) is 5.91 Å². The molecule has 3 rings (SSSR count). The normalized spacial score (nSPS) is 16.2. The summed E-state index contributed by atoms with van der Waals surface area (Å²) in [6.07, 6.45) is 1.29. The number of carbonyl (C=O) groups excluding carboxylic acids is 1. The van der Waals surface area contributed by atoms with Gasteiger partial charge in [0.25, 0.3) is 0 Å². The lowest BCUT2D eigenvalue weighted by atomic mass is 9.79. The minimum absolute atomic E-state index is 0.0539. The van der Waals surface area contributed by atoms with Gasteiger partial charge in [-0.25, -0.2) is 0 Å². The fourth-order valence-corrected chi connectivity index (χ4v) is 3.00. The molecule has 2 aromatic rings. The molecule has 1 fully saturated rings. The molecule has 0 atom stereocenters. The van der Waals surface area contributed by atoms with Crippen molar-refractivity contribution in [2.75, 3.05) is 25.1 Å². The molecule has 0 aliphatic carbocycles. The van der Waals surface area contributed by atoms with Crippen LogP contribution in [0.15, 0.2) is 48.5 Å². The van der Waals surface area contributed by atoms with Gasteiger partial charge in [-0.1, -0.05) is 17.7 Å². The molecule has 0 radical (unpaired) electrons. The first-order valence-electron chi connectivity index (χ1n) is 8.24. The zero-order chi connectivity index (χ0) is 17.7. The third-order valence-corrected chi connectivity index (χ3v) is 4.70. The molecule has 3 N–H and O–H groups in total. The van der Waals surface area contributed by atoms with Crippen LogP contribution in [0.1, 0.15) is 12.8 Å². The first-order chi connectivity index (χ1) is 12.1. The van der Waals surface area contributed by atoms with Crippen LogP contribution in [-0.4, -0.2) is 25.7 Å². The van der Waals surface area contributed by atoms with Crippen LogP contribution >= 0.6 is 11.6 Å². The minimum atomic E-state index is -0.547. The van der Waals surface area contributed by atoms with Crippen LogP contribution in [0.3, 0.4) is 0 Å². The number of amides is 1. The summed E-state index contributed by atoms with van der Waals surface area (Å²) in [6, 6.07) is 14.4. The maximum Gasteiger partial charge on any atom is 0.232 e. The summed E-state index contributed by atoms with van der Waals surface area (Å²) in [6.45, 7) is 1.45. The first kappa shape index (κ1) is 17.7. The van der Waals surface area contributed by atoms with E-state index in [0.717, 1.165) is 0 Å². The highest BCUT2D eigenvalue weighted by Crippen LogP contribution is 2.31. The molecule has 0 aromatic heterocycles. The summed E-state index contributed by atoms with van der Waals surface area (Å²) >= 11 is 5.95. The zero-order valence-corrected chi connectivity index (χ0v) is 14.6. The van der Waals surface area contributed by atoms with Crippen molar-refractivity contribution in [2.45, 2.75) is 12.8 Å². The Kier molecular flexibility index (Phi) is 5.58. The smallest absolute Gasteiger partial charge is 0.232 e. The summed E-state index contributed by atoms with van der Waals surface area (Å²) in [7, 11) is 0. The quantitative estimate of drug-likeness (QED) is 0.849. The topological polar surface area (TPSA) is 73.6 Å².